The minimum atomic E-state index is -0.407. The Labute approximate surface area is 162 Å². The van der Waals surface area contributed by atoms with Gasteiger partial charge in [-0.25, -0.2) is 0 Å². The van der Waals surface area contributed by atoms with Crippen molar-refractivity contribution in [2.75, 3.05) is 0 Å². The van der Waals surface area contributed by atoms with E-state index in [1.807, 2.05) is 18.2 Å². The quantitative estimate of drug-likeness (QED) is 0.459. The van der Waals surface area contributed by atoms with Crippen molar-refractivity contribution in [2.24, 2.45) is 0 Å². The van der Waals surface area contributed by atoms with Crippen molar-refractivity contribution in [3.8, 4) is 17.1 Å². The molecule has 0 aliphatic carbocycles. The van der Waals surface area contributed by atoms with E-state index in [-0.39, 0.29) is 37.1 Å². The Bertz CT molecular complexity index is 882. The number of hydrogen-bond acceptors (Lipinski definition) is 3. The molecule has 0 aliphatic heterocycles. The second-order valence-corrected chi connectivity index (χ2v) is 3.97. The van der Waals surface area contributed by atoms with E-state index in [4.69, 9.17) is 18.4 Å². The van der Waals surface area contributed by atoms with Crippen LogP contribution in [-0.4, -0.2) is 10.6 Å². The molecule has 8 heteroatoms. The van der Waals surface area contributed by atoms with Crippen LogP contribution >= 0.6 is 0 Å². The van der Waals surface area contributed by atoms with Crippen molar-refractivity contribution in [1.29, 1.82) is 0 Å². The van der Waals surface area contributed by atoms with Gasteiger partial charge >= 0.3 is 33.9 Å². The third-order valence-corrected chi connectivity index (χ3v) is 2.81. The number of benzene rings is 2. The Balaban J connectivity index is -0.000000604. The molecule has 7 nitrogen and oxygen atoms in total. The summed E-state index contributed by atoms with van der Waals surface area (Å²) in [6.45, 7) is 13.5. The standard InChI is InChI=1S/C15H10O3.3CO.H2O.Tc/c16-13-11-8-4-5-9-12(11)18-15(14(13)17)10-6-2-1-3-7-10;3*1-2;;/h1-9,17H;;;;1H2;/i;;;;;1+1. The second kappa shape index (κ2) is 15.8. The monoisotopic (exact) mass is 439 g/mol. The molecule has 0 aliphatic rings. The van der Waals surface area contributed by atoms with Crippen LogP contribution in [0.3, 0.4) is 0 Å². The van der Waals surface area contributed by atoms with Crippen molar-refractivity contribution in [1.82, 2.24) is 0 Å². The summed E-state index contributed by atoms with van der Waals surface area (Å²) in [7, 11) is 0. The molecule has 3 N–H and O–H groups in total. The fourth-order valence-electron chi connectivity index (χ4n) is 1.92. The summed E-state index contributed by atoms with van der Waals surface area (Å²) in [5.41, 5.74) is 0.743. The molecular weight excluding hydrogens is 427 g/mol. The molecule has 1 heterocycles. The topological polar surface area (TPSA) is 142 Å². The molecule has 2 aromatic carbocycles. The molecule has 3 aromatic rings. The second-order valence-electron chi connectivity index (χ2n) is 3.97. The normalized spacial score (nSPS) is 7.62. The molecule has 133 valence electrons. The number of fused-ring (bicyclic) bond motifs is 1. The van der Waals surface area contributed by atoms with Crippen LogP contribution in [-0.2, 0) is 34.1 Å². The number of hydrogen-bond donors (Lipinski definition) is 1. The van der Waals surface area contributed by atoms with Gasteiger partial charge in [-0.1, -0.05) is 42.5 Å². The van der Waals surface area contributed by atoms with E-state index in [0.717, 1.165) is 0 Å². The fraction of sp³-hybridized carbons (Fsp3) is 0. The Kier molecular flexibility index (Phi) is 17.1. The van der Waals surface area contributed by atoms with Crippen LogP contribution in [0, 0.1) is 20.0 Å². The minimum absolute atomic E-state index is 0. The molecule has 0 amide bonds. The van der Waals surface area contributed by atoms with Crippen molar-refractivity contribution in [3.63, 3.8) is 0 Å². The van der Waals surface area contributed by atoms with Gasteiger partial charge in [0.25, 0.3) is 0 Å². The fourth-order valence-corrected chi connectivity index (χ4v) is 1.92. The number of para-hydroxylation sites is 1. The molecule has 1 aromatic heterocycles. The summed E-state index contributed by atoms with van der Waals surface area (Å²) < 4.78 is 28.1. The van der Waals surface area contributed by atoms with Crippen molar-refractivity contribution in [3.05, 3.63) is 84.8 Å². The van der Waals surface area contributed by atoms with Gasteiger partial charge in [0.05, 0.1) is 5.39 Å². The Morgan fingerprint density at radius 2 is 1.27 bits per heavy atom. The number of rotatable bonds is 1. The van der Waals surface area contributed by atoms with E-state index in [9.17, 15) is 9.90 Å². The van der Waals surface area contributed by atoms with Gasteiger partial charge in [-0.2, -0.15) is 0 Å². The molecule has 0 bridgehead atoms. The van der Waals surface area contributed by atoms with Gasteiger partial charge in [0.15, 0.2) is 5.76 Å². The Morgan fingerprint density at radius 3 is 1.81 bits per heavy atom. The summed E-state index contributed by atoms with van der Waals surface area (Å²) in [4.78, 5) is 12.0. The van der Waals surface area contributed by atoms with Crippen LogP contribution in [0.15, 0.2) is 63.8 Å². The molecule has 26 heavy (non-hydrogen) atoms. The van der Waals surface area contributed by atoms with Gasteiger partial charge in [0.2, 0.25) is 11.2 Å². The first kappa shape index (κ1) is 28.1. The predicted octanol–water partition coefficient (Wildman–Crippen LogP) is 2.23. The molecule has 0 atom stereocenters. The van der Waals surface area contributed by atoms with E-state index in [2.05, 4.69) is 20.0 Å². The van der Waals surface area contributed by atoms with Gasteiger partial charge in [-0.15, -0.1) is 0 Å². The molecule has 0 spiro atoms. The van der Waals surface area contributed by atoms with Crippen molar-refractivity contribution in [2.45, 2.75) is 0 Å². The van der Waals surface area contributed by atoms with Crippen LogP contribution in [0.1, 0.15) is 0 Å². The van der Waals surface area contributed by atoms with Gasteiger partial charge in [-0.3, -0.25) is 4.79 Å². The zero-order valence-corrected chi connectivity index (χ0v) is 14.9. The van der Waals surface area contributed by atoms with Crippen LogP contribution in [0.25, 0.3) is 22.3 Å². The van der Waals surface area contributed by atoms with E-state index < -0.39 is 5.43 Å². The first-order valence-electron chi connectivity index (χ1n) is 6.19. The van der Waals surface area contributed by atoms with Gasteiger partial charge in [-0.05, 0) is 12.1 Å². The van der Waals surface area contributed by atoms with Crippen molar-refractivity contribution >= 4 is 11.0 Å². The van der Waals surface area contributed by atoms with E-state index in [1.165, 1.54) is 0 Å². The van der Waals surface area contributed by atoms with E-state index in [1.54, 1.807) is 36.4 Å². The van der Waals surface area contributed by atoms with Crippen LogP contribution in [0.4, 0.5) is 0 Å². The molecule has 0 fully saturated rings. The number of aromatic hydroxyl groups is 1. The maximum absolute atomic E-state index is 12.0. The maximum atomic E-state index is 12.0. The molecular formula is C18H12O7Tc. The van der Waals surface area contributed by atoms with Gasteiger partial charge in [0, 0.05) is 25.7 Å². The van der Waals surface area contributed by atoms with Gasteiger partial charge in [0.1, 0.15) is 5.58 Å². The SMILES string of the molecule is O.O=c1c(O)c(-c2ccccc2)oc2ccccc12.[99Tc].[C-]#[O+].[C-]#[O+].[C-]#[O+]. The third kappa shape index (κ3) is 6.65. The summed E-state index contributed by atoms with van der Waals surface area (Å²) in [5.74, 6) is -0.140. The van der Waals surface area contributed by atoms with E-state index >= 15 is 0 Å². The van der Waals surface area contributed by atoms with Crippen LogP contribution in [0.2, 0.25) is 0 Å². The average molecular weight is 439 g/mol. The Hall–Kier alpha value is -2.72. The van der Waals surface area contributed by atoms with Crippen molar-refractivity contribution < 1.29 is 49.1 Å². The summed E-state index contributed by atoms with van der Waals surface area (Å²) in [6.07, 6.45) is 0. The predicted molar refractivity (Wildman–Crippen MR) is 85.0 cm³/mol. The zero-order chi connectivity index (χ0) is 18.5. The molecule has 0 saturated carbocycles. The Morgan fingerprint density at radius 1 is 0.808 bits per heavy atom. The first-order valence-corrected chi connectivity index (χ1v) is 6.19. The molecule has 0 saturated heterocycles. The summed E-state index contributed by atoms with van der Waals surface area (Å²) >= 11 is 0. The first-order chi connectivity index (χ1) is 11.8. The van der Waals surface area contributed by atoms with Gasteiger partial charge < -0.3 is 15.0 Å². The zero-order valence-electron chi connectivity index (χ0n) is 13.1. The van der Waals surface area contributed by atoms with Crippen LogP contribution < -0.4 is 5.43 Å². The third-order valence-electron chi connectivity index (χ3n) is 2.81. The molecule has 1 radical (unpaired) electrons. The summed E-state index contributed by atoms with van der Waals surface area (Å²) in [5, 5.41) is 10.3. The molecule has 0 unspecified atom stereocenters. The molecule has 3 rings (SSSR count). The average Bonchev–Trinajstić information content (AvgIpc) is 2.70. The summed E-state index contributed by atoms with van der Waals surface area (Å²) in [6, 6.07) is 15.9. The van der Waals surface area contributed by atoms with E-state index in [0.29, 0.717) is 16.5 Å². The van der Waals surface area contributed by atoms with Crippen LogP contribution in [0.5, 0.6) is 5.75 Å².